The summed E-state index contributed by atoms with van der Waals surface area (Å²) < 4.78 is 5.38. The molecule has 29 heavy (non-hydrogen) atoms. The molecule has 8 heteroatoms. The number of nitrogens with zero attached hydrogens (tertiary/aromatic N) is 5. The van der Waals surface area contributed by atoms with Crippen molar-refractivity contribution in [1.82, 2.24) is 19.8 Å². The number of likely N-dealkylation sites (tertiary alicyclic amines) is 1. The number of rotatable bonds is 5. The maximum Gasteiger partial charge on any atom is 0.228 e. The normalized spacial score (nSPS) is 19.6. The Morgan fingerprint density at radius 2 is 1.83 bits per heavy atom. The lowest BCUT2D eigenvalue weighted by Gasteiger charge is -2.35. The van der Waals surface area contributed by atoms with Crippen LogP contribution in [0, 0.1) is 5.92 Å². The Kier molecular flexibility index (Phi) is 5.59. The number of carbonyl (C=O) groups excluding carboxylic acids is 2. The molecule has 0 spiro atoms. The first-order valence-electron chi connectivity index (χ1n) is 9.86. The third-order valence-electron chi connectivity index (χ3n) is 5.54. The van der Waals surface area contributed by atoms with Crippen molar-refractivity contribution >= 4 is 17.8 Å². The van der Waals surface area contributed by atoms with Crippen LogP contribution in [0.5, 0.6) is 5.75 Å². The third kappa shape index (κ3) is 4.16. The predicted octanol–water partition coefficient (Wildman–Crippen LogP) is 1.18. The monoisotopic (exact) mass is 395 g/mol. The van der Waals surface area contributed by atoms with E-state index in [1.807, 2.05) is 29.2 Å². The van der Waals surface area contributed by atoms with E-state index < -0.39 is 0 Å². The second-order valence-corrected chi connectivity index (χ2v) is 7.35. The number of hydrogen-bond donors (Lipinski definition) is 0. The lowest BCUT2D eigenvalue weighted by Crippen LogP contribution is -2.51. The molecule has 2 aliphatic heterocycles. The molecule has 0 N–H and O–H groups in total. The minimum atomic E-state index is -0.281. The van der Waals surface area contributed by atoms with E-state index in [4.69, 9.17) is 4.74 Å². The van der Waals surface area contributed by atoms with Crippen LogP contribution in [0.1, 0.15) is 12.0 Å². The van der Waals surface area contributed by atoms with Crippen molar-refractivity contribution in [3.63, 3.8) is 0 Å². The quantitative estimate of drug-likeness (QED) is 0.757. The van der Waals surface area contributed by atoms with Crippen molar-refractivity contribution in [2.45, 2.75) is 13.0 Å². The van der Waals surface area contributed by atoms with Gasteiger partial charge in [-0.15, -0.1) is 0 Å². The molecule has 2 aliphatic rings. The first-order valence-corrected chi connectivity index (χ1v) is 9.86. The van der Waals surface area contributed by atoms with Gasteiger partial charge in [0.05, 0.1) is 13.0 Å². The highest BCUT2D eigenvalue weighted by Crippen LogP contribution is 2.26. The van der Waals surface area contributed by atoms with Gasteiger partial charge in [-0.25, -0.2) is 9.97 Å². The maximum absolute atomic E-state index is 13.0. The smallest absolute Gasteiger partial charge is 0.228 e. The third-order valence-corrected chi connectivity index (χ3v) is 5.54. The van der Waals surface area contributed by atoms with Crippen LogP contribution in [0.4, 0.5) is 5.95 Å². The second kappa shape index (κ2) is 8.46. The van der Waals surface area contributed by atoms with Crippen LogP contribution in [0.3, 0.4) is 0 Å². The maximum atomic E-state index is 13.0. The summed E-state index contributed by atoms with van der Waals surface area (Å²) in [5.41, 5.74) is 0.952. The van der Waals surface area contributed by atoms with E-state index >= 15 is 0 Å². The Morgan fingerprint density at radius 3 is 2.55 bits per heavy atom. The molecular formula is C21H25N5O3. The van der Waals surface area contributed by atoms with Crippen LogP contribution in [-0.2, 0) is 16.1 Å². The first kappa shape index (κ1) is 19.2. The molecule has 2 fully saturated rings. The molecule has 1 aromatic carbocycles. The molecule has 1 aromatic heterocycles. The average Bonchev–Trinajstić information content (AvgIpc) is 3.14. The van der Waals surface area contributed by atoms with Crippen LogP contribution < -0.4 is 9.64 Å². The molecule has 2 saturated heterocycles. The van der Waals surface area contributed by atoms with Crippen molar-refractivity contribution in [3.05, 3.63) is 48.3 Å². The second-order valence-electron chi connectivity index (χ2n) is 7.35. The molecule has 2 aromatic rings. The molecule has 4 rings (SSSR count). The van der Waals surface area contributed by atoms with Gasteiger partial charge in [0.25, 0.3) is 0 Å². The van der Waals surface area contributed by atoms with Crippen molar-refractivity contribution in [1.29, 1.82) is 0 Å². The minimum Gasteiger partial charge on any atom is -0.496 e. The molecule has 1 unspecified atom stereocenters. The molecule has 0 radical (unpaired) electrons. The van der Waals surface area contributed by atoms with E-state index in [9.17, 15) is 9.59 Å². The SMILES string of the molecule is COc1ccccc1CN1CC(C(=O)N2CCN(c3ncccn3)CC2)CC1=O. The Balaban J connectivity index is 1.34. The molecule has 1 atom stereocenters. The molecule has 8 nitrogen and oxygen atoms in total. The van der Waals surface area contributed by atoms with E-state index in [0.717, 1.165) is 11.3 Å². The van der Waals surface area contributed by atoms with Gasteiger partial charge in [-0.2, -0.15) is 0 Å². The van der Waals surface area contributed by atoms with Crippen molar-refractivity contribution in [2.75, 3.05) is 44.7 Å². The zero-order valence-electron chi connectivity index (χ0n) is 16.5. The number of piperazine rings is 1. The summed E-state index contributed by atoms with van der Waals surface area (Å²) in [6.45, 7) is 3.55. The van der Waals surface area contributed by atoms with E-state index in [-0.39, 0.29) is 24.2 Å². The highest BCUT2D eigenvalue weighted by Gasteiger charge is 2.37. The van der Waals surface area contributed by atoms with Gasteiger partial charge in [-0.1, -0.05) is 18.2 Å². The van der Waals surface area contributed by atoms with Crippen molar-refractivity contribution in [2.24, 2.45) is 5.92 Å². The first-order chi connectivity index (χ1) is 14.2. The van der Waals surface area contributed by atoms with Gasteiger partial charge in [0.2, 0.25) is 17.8 Å². The van der Waals surface area contributed by atoms with Gasteiger partial charge in [-0.3, -0.25) is 9.59 Å². The molecule has 2 amide bonds. The summed E-state index contributed by atoms with van der Waals surface area (Å²) in [6.07, 6.45) is 3.72. The van der Waals surface area contributed by atoms with Gasteiger partial charge in [-0.05, 0) is 12.1 Å². The lowest BCUT2D eigenvalue weighted by atomic mass is 10.1. The number of benzene rings is 1. The number of anilines is 1. The Bertz CT molecular complexity index is 868. The Labute approximate surface area is 170 Å². The molecule has 152 valence electrons. The summed E-state index contributed by atoms with van der Waals surface area (Å²) in [7, 11) is 1.62. The molecule has 0 aliphatic carbocycles. The Hall–Kier alpha value is -3.16. The van der Waals surface area contributed by atoms with E-state index in [1.54, 1.807) is 30.5 Å². The van der Waals surface area contributed by atoms with Crippen LogP contribution in [-0.4, -0.2) is 71.4 Å². The van der Waals surface area contributed by atoms with Crippen LogP contribution in [0.25, 0.3) is 0 Å². The highest BCUT2D eigenvalue weighted by atomic mass is 16.5. The number of ether oxygens (including phenoxy) is 1. The average molecular weight is 395 g/mol. The van der Waals surface area contributed by atoms with Gasteiger partial charge in [0.15, 0.2) is 0 Å². The predicted molar refractivity (Wildman–Crippen MR) is 107 cm³/mol. The fraction of sp³-hybridized carbons (Fsp3) is 0.429. The van der Waals surface area contributed by atoms with Crippen molar-refractivity contribution in [3.8, 4) is 5.75 Å². The van der Waals surface area contributed by atoms with Gasteiger partial charge in [0.1, 0.15) is 5.75 Å². The van der Waals surface area contributed by atoms with Gasteiger partial charge >= 0.3 is 0 Å². The molecular weight excluding hydrogens is 370 g/mol. The molecule has 3 heterocycles. The summed E-state index contributed by atoms with van der Waals surface area (Å²) in [6, 6.07) is 9.45. The standard InChI is InChI=1S/C21H25N5O3/c1-29-18-6-3-2-5-16(18)14-26-15-17(13-19(26)27)20(28)24-9-11-25(12-10-24)21-22-7-4-8-23-21/h2-8,17H,9-15H2,1H3. The topological polar surface area (TPSA) is 78.9 Å². The van der Waals surface area contributed by atoms with Crippen molar-refractivity contribution < 1.29 is 14.3 Å². The summed E-state index contributed by atoms with van der Waals surface area (Å²) >= 11 is 0. The van der Waals surface area contributed by atoms with Gasteiger partial charge in [0, 0.05) is 63.6 Å². The van der Waals surface area contributed by atoms with Crippen LogP contribution in [0.2, 0.25) is 0 Å². The lowest BCUT2D eigenvalue weighted by molar-refractivity contribution is -0.136. The Morgan fingerprint density at radius 1 is 1.10 bits per heavy atom. The summed E-state index contributed by atoms with van der Waals surface area (Å²) in [5.74, 6) is 1.25. The number of hydrogen-bond acceptors (Lipinski definition) is 6. The zero-order chi connectivity index (χ0) is 20.2. The number of amides is 2. The fourth-order valence-corrected chi connectivity index (χ4v) is 3.97. The molecule has 0 bridgehead atoms. The van der Waals surface area contributed by atoms with E-state index in [0.29, 0.717) is 45.2 Å². The van der Waals surface area contributed by atoms with Crippen LogP contribution >= 0.6 is 0 Å². The fourth-order valence-electron chi connectivity index (χ4n) is 3.97. The van der Waals surface area contributed by atoms with E-state index in [2.05, 4.69) is 14.9 Å². The molecule has 0 saturated carbocycles. The number of para-hydroxylation sites is 1. The number of methoxy groups -OCH3 is 1. The van der Waals surface area contributed by atoms with E-state index in [1.165, 1.54) is 0 Å². The largest absolute Gasteiger partial charge is 0.496 e. The summed E-state index contributed by atoms with van der Waals surface area (Å²) in [4.78, 5) is 39.7. The van der Waals surface area contributed by atoms with Crippen LogP contribution in [0.15, 0.2) is 42.7 Å². The number of aromatic nitrogens is 2. The zero-order valence-corrected chi connectivity index (χ0v) is 16.5. The summed E-state index contributed by atoms with van der Waals surface area (Å²) in [5, 5.41) is 0. The van der Waals surface area contributed by atoms with Gasteiger partial charge < -0.3 is 19.4 Å². The minimum absolute atomic E-state index is 0.0191. The highest BCUT2D eigenvalue weighted by molar-refractivity contribution is 5.89. The number of carbonyl (C=O) groups is 2.